The molecule has 0 aliphatic carbocycles. The first kappa shape index (κ1) is 18.8. The van der Waals surface area contributed by atoms with Crippen LogP contribution < -0.4 is 16.0 Å². The lowest BCUT2D eigenvalue weighted by molar-refractivity contribution is -0.123. The maximum absolute atomic E-state index is 11.2. The average molecular weight is 356 g/mol. The van der Waals surface area contributed by atoms with Crippen LogP contribution in [0.5, 0.6) is 0 Å². The minimum Gasteiger partial charge on any atom is -0.357 e. The van der Waals surface area contributed by atoms with E-state index in [9.17, 15) is 4.79 Å². The van der Waals surface area contributed by atoms with Gasteiger partial charge in [0.15, 0.2) is 5.96 Å². The van der Waals surface area contributed by atoms with Crippen molar-refractivity contribution in [2.45, 2.75) is 27.7 Å². The number of carbonyl (C=O) groups excluding carboxylic acids is 1. The van der Waals surface area contributed by atoms with Gasteiger partial charge in [0, 0.05) is 25.6 Å². The van der Waals surface area contributed by atoms with Gasteiger partial charge in [0.05, 0.1) is 6.54 Å². The predicted molar refractivity (Wildman–Crippen MR) is 82.9 cm³/mol. The second kappa shape index (κ2) is 11.9. The molecule has 1 amide bonds. The van der Waals surface area contributed by atoms with Gasteiger partial charge in [-0.25, -0.2) is 0 Å². The van der Waals surface area contributed by atoms with Gasteiger partial charge in [0.2, 0.25) is 5.91 Å². The number of hydrogen-bond donors (Lipinski definition) is 3. The summed E-state index contributed by atoms with van der Waals surface area (Å²) >= 11 is 0. The van der Waals surface area contributed by atoms with E-state index >= 15 is 0 Å². The Hall–Kier alpha value is -0.530. The molecule has 0 aromatic carbocycles. The van der Waals surface area contributed by atoms with Gasteiger partial charge < -0.3 is 16.0 Å². The fraction of sp³-hybridized carbons (Fsp3) is 0.818. The highest BCUT2D eigenvalue weighted by molar-refractivity contribution is 14.0. The number of carbonyl (C=O) groups is 1. The molecule has 0 spiro atoms. The van der Waals surface area contributed by atoms with Crippen molar-refractivity contribution in [3.63, 3.8) is 0 Å². The van der Waals surface area contributed by atoms with E-state index in [0.29, 0.717) is 13.1 Å². The van der Waals surface area contributed by atoms with Gasteiger partial charge in [-0.05, 0) is 13.8 Å². The molecule has 0 radical (unpaired) electrons. The van der Waals surface area contributed by atoms with Crippen molar-refractivity contribution < 1.29 is 4.79 Å². The maximum atomic E-state index is 11.2. The predicted octanol–water partition coefficient (Wildman–Crippen LogP) is 0.952. The van der Waals surface area contributed by atoms with Crippen LogP contribution in [0.25, 0.3) is 0 Å². The summed E-state index contributed by atoms with van der Waals surface area (Å²) in [4.78, 5) is 15.6. The van der Waals surface area contributed by atoms with Crippen molar-refractivity contribution in [2.75, 3.05) is 26.2 Å². The minimum absolute atomic E-state index is 0. The Kier molecular flexibility index (Phi) is 13.2. The summed E-state index contributed by atoms with van der Waals surface area (Å²) in [6.07, 6.45) is 0. The van der Waals surface area contributed by atoms with Crippen molar-refractivity contribution >= 4 is 35.8 Å². The Morgan fingerprint density at radius 2 is 1.65 bits per heavy atom. The highest BCUT2D eigenvalue weighted by Gasteiger charge is 2.04. The molecule has 0 rings (SSSR count). The highest BCUT2D eigenvalue weighted by Crippen LogP contribution is 1.89. The third kappa shape index (κ3) is 10.3. The third-order valence-corrected chi connectivity index (χ3v) is 1.89. The van der Waals surface area contributed by atoms with Crippen LogP contribution in [0.15, 0.2) is 4.99 Å². The minimum atomic E-state index is 0. The summed E-state index contributed by atoms with van der Waals surface area (Å²) < 4.78 is 0. The van der Waals surface area contributed by atoms with Crippen LogP contribution in [0.2, 0.25) is 0 Å². The molecule has 0 aromatic rings. The number of guanidine groups is 1. The summed E-state index contributed by atoms with van der Waals surface area (Å²) in [6, 6.07) is 0. The molecule has 0 aliphatic heterocycles. The van der Waals surface area contributed by atoms with Gasteiger partial charge in [-0.15, -0.1) is 24.0 Å². The quantitative estimate of drug-likeness (QED) is 0.287. The van der Waals surface area contributed by atoms with Crippen LogP contribution in [0.4, 0.5) is 0 Å². The summed E-state index contributed by atoms with van der Waals surface area (Å²) in [7, 11) is 0. The van der Waals surface area contributed by atoms with Crippen LogP contribution in [0.1, 0.15) is 27.7 Å². The molecule has 0 heterocycles. The summed E-state index contributed by atoms with van der Waals surface area (Å²) in [5.41, 5.74) is 0. The lowest BCUT2D eigenvalue weighted by Gasteiger charge is -2.10. The van der Waals surface area contributed by atoms with Crippen LogP contribution in [-0.2, 0) is 4.79 Å². The van der Waals surface area contributed by atoms with Crippen LogP contribution in [-0.4, -0.2) is 38.0 Å². The van der Waals surface area contributed by atoms with Crippen LogP contribution in [0, 0.1) is 5.92 Å². The second-order valence-corrected chi connectivity index (χ2v) is 3.74. The summed E-state index contributed by atoms with van der Waals surface area (Å²) in [5.74, 6) is 0.901. The Morgan fingerprint density at radius 3 is 2.06 bits per heavy atom. The first-order valence-corrected chi connectivity index (χ1v) is 5.91. The Morgan fingerprint density at radius 1 is 1.12 bits per heavy atom. The molecule has 0 fully saturated rings. The van der Waals surface area contributed by atoms with E-state index in [1.54, 1.807) is 0 Å². The largest absolute Gasteiger partial charge is 0.357 e. The van der Waals surface area contributed by atoms with Crippen molar-refractivity contribution in [2.24, 2.45) is 10.9 Å². The van der Waals surface area contributed by atoms with Gasteiger partial charge in [-0.3, -0.25) is 9.79 Å². The van der Waals surface area contributed by atoms with Crippen LogP contribution >= 0.6 is 24.0 Å². The molecule has 0 aromatic heterocycles. The Balaban J connectivity index is 0. The van der Waals surface area contributed by atoms with Crippen molar-refractivity contribution in [3.8, 4) is 0 Å². The number of rotatable bonds is 6. The van der Waals surface area contributed by atoms with E-state index in [0.717, 1.165) is 19.0 Å². The third-order valence-electron chi connectivity index (χ3n) is 1.89. The van der Waals surface area contributed by atoms with Crippen molar-refractivity contribution in [1.29, 1.82) is 0 Å². The SMILES string of the molecule is CCNC(=NCCNC(=O)C(C)C)NCC.I. The normalized spacial score (nSPS) is 9.24. The van der Waals surface area contributed by atoms with Gasteiger partial charge in [-0.2, -0.15) is 0 Å². The maximum Gasteiger partial charge on any atom is 0.222 e. The molecule has 0 aliphatic rings. The zero-order valence-corrected chi connectivity index (χ0v) is 13.5. The van der Waals surface area contributed by atoms with Gasteiger partial charge in [0.1, 0.15) is 0 Å². The fourth-order valence-electron chi connectivity index (χ4n) is 1.06. The Labute approximate surface area is 121 Å². The molecule has 5 nitrogen and oxygen atoms in total. The second-order valence-electron chi connectivity index (χ2n) is 3.74. The van der Waals surface area contributed by atoms with Crippen molar-refractivity contribution in [3.05, 3.63) is 0 Å². The molecule has 6 heteroatoms. The fourth-order valence-corrected chi connectivity index (χ4v) is 1.06. The molecule has 17 heavy (non-hydrogen) atoms. The molecule has 0 bridgehead atoms. The number of nitrogens with zero attached hydrogens (tertiary/aromatic N) is 1. The summed E-state index contributed by atoms with van der Waals surface area (Å²) in [6.45, 7) is 10.6. The highest BCUT2D eigenvalue weighted by atomic mass is 127. The summed E-state index contributed by atoms with van der Waals surface area (Å²) in [5, 5.41) is 9.06. The molecule has 0 atom stereocenters. The first-order chi connectivity index (χ1) is 7.61. The number of amides is 1. The zero-order chi connectivity index (χ0) is 12.4. The lowest BCUT2D eigenvalue weighted by atomic mass is 10.2. The van der Waals surface area contributed by atoms with E-state index in [1.165, 1.54) is 0 Å². The average Bonchev–Trinajstić information content (AvgIpc) is 2.24. The molecule has 0 saturated heterocycles. The Bertz CT molecular complexity index is 224. The smallest absolute Gasteiger partial charge is 0.222 e. The van der Waals surface area contributed by atoms with E-state index in [2.05, 4.69) is 20.9 Å². The van der Waals surface area contributed by atoms with Gasteiger partial charge in [-0.1, -0.05) is 13.8 Å². The van der Waals surface area contributed by atoms with E-state index in [1.807, 2.05) is 27.7 Å². The molecule has 102 valence electrons. The molecule has 3 N–H and O–H groups in total. The number of nitrogens with one attached hydrogen (secondary N) is 3. The van der Waals surface area contributed by atoms with Crippen LogP contribution in [0.3, 0.4) is 0 Å². The van der Waals surface area contributed by atoms with E-state index in [-0.39, 0.29) is 35.8 Å². The number of hydrogen-bond acceptors (Lipinski definition) is 2. The molecule has 0 unspecified atom stereocenters. The zero-order valence-electron chi connectivity index (χ0n) is 11.2. The standard InChI is InChI=1S/C11H24N4O.HI/c1-5-12-11(13-6-2)15-8-7-14-10(16)9(3)4;/h9H,5-8H2,1-4H3,(H,14,16)(H2,12,13,15);1H. The molecular formula is C11H25IN4O. The van der Waals surface area contributed by atoms with Gasteiger partial charge >= 0.3 is 0 Å². The van der Waals surface area contributed by atoms with Crippen molar-refractivity contribution in [1.82, 2.24) is 16.0 Å². The number of halogens is 1. The monoisotopic (exact) mass is 356 g/mol. The lowest BCUT2D eigenvalue weighted by Crippen LogP contribution is -2.38. The van der Waals surface area contributed by atoms with Gasteiger partial charge in [0.25, 0.3) is 0 Å². The topological polar surface area (TPSA) is 65.5 Å². The molecule has 0 saturated carbocycles. The van der Waals surface area contributed by atoms with E-state index < -0.39 is 0 Å². The first-order valence-electron chi connectivity index (χ1n) is 5.91. The number of aliphatic imine (C=N–C) groups is 1. The molecular weight excluding hydrogens is 331 g/mol. The van der Waals surface area contributed by atoms with E-state index in [4.69, 9.17) is 0 Å².